The fraction of sp³-hybridized carbons (Fsp3) is 0.0833. The number of fused-ring (bicyclic) bond motifs is 1. The van der Waals surface area contributed by atoms with E-state index in [1.54, 1.807) is 0 Å². The third kappa shape index (κ3) is 1.45. The van der Waals surface area contributed by atoms with Gasteiger partial charge in [0.25, 0.3) is 0 Å². The van der Waals surface area contributed by atoms with Crippen molar-refractivity contribution in [2.75, 3.05) is 0 Å². The van der Waals surface area contributed by atoms with Crippen LogP contribution in [0.5, 0.6) is 0 Å². The monoisotopic (exact) mass is 169 g/mol. The molecule has 0 unspecified atom stereocenters. The molecular weight excluding hydrogens is 158 g/mol. The lowest BCUT2D eigenvalue weighted by Gasteiger charge is -2.00. The highest BCUT2D eigenvalue weighted by molar-refractivity contribution is 5.83. The van der Waals surface area contributed by atoms with Gasteiger partial charge in [-0.15, -0.1) is 0 Å². The minimum Gasteiger partial charge on any atom is -0.256 e. The molecule has 0 aliphatic carbocycles. The Hall–Kier alpha value is -1.63. The standard InChI is InChI=1S/C12H11N/c1-9(2)12-7-10-5-3-4-6-11(10)8-13-12/h3-8H,1H2,2H3. The molecular formula is C12H11N. The molecule has 0 aliphatic heterocycles. The van der Waals surface area contributed by atoms with Crippen LogP contribution in [0.1, 0.15) is 12.6 Å². The summed E-state index contributed by atoms with van der Waals surface area (Å²) in [4.78, 5) is 4.31. The van der Waals surface area contributed by atoms with Gasteiger partial charge in [0, 0.05) is 11.6 Å². The fourth-order valence-corrected chi connectivity index (χ4v) is 1.32. The summed E-state index contributed by atoms with van der Waals surface area (Å²) in [6, 6.07) is 10.3. The molecule has 1 nitrogen and oxygen atoms in total. The highest BCUT2D eigenvalue weighted by Crippen LogP contribution is 2.16. The smallest absolute Gasteiger partial charge is 0.0659 e. The molecule has 1 heterocycles. The Morgan fingerprint density at radius 3 is 2.62 bits per heavy atom. The summed E-state index contributed by atoms with van der Waals surface area (Å²) in [5.74, 6) is 0. The molecule has 1 aromatic heterocycles. The average Bonchev–Trinajstić information content (AvgIpc) is 2.17. The Balaban J connectivity index is 2.69. The lowest BCUT2D eigenvalue weighted by atomic mass is 10.1. The number of hydrogen-bond donors (Lipinski definition) is 0. The van der Waals surface area contributed by atoms with Gasteiger partial charge in [-0.05, 0) is 23.9 Å². The van der Waals surface area contributed by atoms with Crippen LogP contribution in [0.25, 0.3) is 16.3 Å². The second-order valence-corrected chi connectivity index (χ2v) is 3.20. The zero-order valence-corrected chi connectivity index (χ0v) is 7.62. The summed E-state index contributed by atoms with van der Waals surface area (Å²) >= 11 is 0. The lowest BCUT2D eigenvalue weighted by molar-refractivity contribution is 1.30. The van der Waals surface area contributed by atoms with Crippen LogP contribution in [0, 0.1) is 0 Å². The molecule has 1 heteroatoms. The Kier molecular flexibility index (Phi) is 1.85. The predicted molar refractivity (Wildman–Crippen MR) is 56.5 cm³/mol. The minimum atomic E-state index is 0.971. The van der Waals surface area contributed by atoms with E-state index in [0.717, 1.165) is 11.3 Å². The number of pyridine rings is 1. The van der Waals surface area contributed by atoms with Crippen LogP contribution in [0.4, 0.5) is 0 Å². The van der Waals surface area contributed by atoms with E-state index >= 15 is 0 Å². The zero-order chi connectivity index (χ0) is 9.26. The first-order valence-electron chi connectivity index (χ1n) is 4.28. The van der Waals surface area contributed by atoms with E-state index in [-0.39, 0.29) is 0 Å². The van der Waals surface area contributed by atoms with Crippen LogP contribution in [-0.4, -0.2) is 4.98 Å². The molecule has 64 valence electrons. The quantitative estimate of drug-likeness (QED) is 0.638. The van der Waals surface area contributed by atoms with Crippen molar-refractivity contribution in [3.05, 3.63) is 48.8 Å². The summed E-state index contributed by atoms with van der Waals surface area (Å²) in [6.45, 7) is 5.84. The van der Waals surface area contributed by atoms with Crippen molar-refractivity contribution in [3.8, 4) is 0 Å². The van der Waals surface area contributed by atoms with Crippen LogP contribution in [0.2, 0.25) is 0 Å². The van der Waals surface area contributed by atoms with Crippen LogP contribution in [0.15, 0.2) is 43.1 Å². The average molecular weight is 169 g/mol. The summed E-state index contributed by atoms with van der Waals surface area (Å²) in [5, 5.41) is 2.39. The van der Waals surface area contributed by atoms with Crippen molar-refractivity contribution < 1.29 is 0 Å². The van der Waals surface area contributed by atoms with E-state index in [4.69, 9.17) is 0 Å². The first-order chi connectivity index (χ1) is 6.27. The third-order valence-corrected chi connectivity index (χ3v) is 2.07. The molecule has 0 amide bonds. The number of nitrogens with zero attached hydrogens (tertiary/aromatic N) is 1. The van der Waals surface area contributed by atoms with E-state index in [1.807, 2.05) is 25.3 Å². The maximum absolute atomic E-state index is 4.31. The van der Waals surface area contributed by atoms with Gasteiger partial charge < -0.3 is 0 Å². The van der Waals surface area contributed by atoms with Crippen molar-refractivity contribution in [2.45, 2.75) is 6.92 Å². The third-order valence-electron chi connectivity index (χ3n) is 2.07. The normalized spacial score (nSPS) is 10.2. The molecule has 0 aliphatic rings. The van der Waals surface area contributed by atoms with E-state index in [9.17, 15) is 0 Å². The largest absolute Gasteiger partial charge is 0.256 e. The van der Waals surface area contributed by atoms with Crippen molar-refractivity contribution in [1.29, 1.82) is 0 Å². The van der Waals surface area contributed by atoms with Crippen LogP contribution >= 0.6 is 0 Å². The predicted octanol–water partition coefficient (Wildman–Crippen LogP) is 3.27. The Morgan fingerprint density at radius 1 is 1.23 bits per heavy atom. The molecule has 0 spiro atoms. The number of benzene rings is 1. The van der Waals surface area contributed by atoms with Gasteiger partial charge in [-0.1, -0.05) is 30.8 Å². The topological polar surface area (TPSA) is 12.9 Å². The molecule has 0 N–H and O–H groups in total. The Morgan fingerprint density at radius 2 is 1.92 bits per heavy atom. The van der Waals surface area contributed by atoms with Crippen molar-refractivity contribution >= 4 is 16.3 Å². The molecule has 2 rings (SSSR count). The van der Waals surface area contributed by atoms with Crippen LogP contribution in [-0.2, 0) is 0 Å². The van der Waals surface area contributed by atoms with Gasteiger partial charge in [0.2, 0.25) is 0 Å². The minimum absolute atomic E-state index is 0.971. The molecule has 2 aromatic rings. The number of hydrogen-bond acceptors (Lipinski definition) is 1. The molecule has 0 bridgehead atoms. The van der Waals surface area contributed by atoms with Gasteiger partial charge in [0.15, 0.2) is 0 Å². The van der Waals surface area contributed by atoms with E-state index in [2.05, 4.69) is 29.8 Å². The van der Waals surface area contributed by atoms with Gasteiger partial charge in [-0.25, -0.2) is 0 Å². The first kappa shape index (κ1) is 7.99. The van der Waals surface area contributed by atoms with E-state index in [0.29, 0.717) is 0 Å². The number of aromatic nitrogens is 1. The lowest BCUT2D eigenvalue weighted by Crippen LogP contribution is -1.84. The molecule has 0 saturated heterocycles. The van der Waals surface area contributed by atoms with Gasteiger partial charge >= 0.3 is 0 Å². The number of allylic oxidation sites excluding steroid dienone is 1. The Labute approximate surface area is 77.7 Å². The molecule has 13 heavy (non-hydrogen) atoms. The maximum atomic E-state index is 4.31. The SMILES string of the molecule is C=C(C)c1cc2ccccc2cn1. The summed E-state index contributed by atoms with van der Waals surface area (Å²) in [5.41, 5.74) is 1.98. The van der Waals surface area contributed by atoms with Gasteiger partial charge in [-0.3, -0.25) is 4.98 Å². The van der Waals surface area contributed by atoms with Crippen LogP contribution in [0.3, 0.4) is 0 Å². The summed E-state index contributed by atoms with van der Waals surface area (Å²) in [7, 11) is 0. The Bertz CT molecular complexity index is 457. The maximum Gasteiger partial charge on any atom is 0.0659 e. The van der Waals surface area contributed by atoms with Gasteiger partial charge in [0.1, 0.15) is 0 Å². The molecule has 0 fully saturated rings. The second kappa shape index (κ2) is 3.02. The number of rotatable bonds is 1. The first-order valence-corrected chi connectivity index (χ1v) is 4.28. The summed E-state index contributed by atoms with van der Waals surface area (Å²) < 4.78 is 0. The fourth-order valence-electron chi connectivity index (χ4n) is 1.32. The highest BCUT2D eigenvalue weighted by Gasteiger charge is 1.96. The molecule has 1 aromatic carbocycles. The van der Waals surface area contributed by atoms with Crippen molar-refractivity contribution in [1.82, 2.24) is 4.98 Å². The van der Waals surface area contributed by atoms with Gasteiger partial charge in [-0.2, -0.15) is 0 Å². The zero-order valence-electron chi connectivity index (χ0n) is 7.62. The van der Waals surface area contributed by atoms with Crippen molar-refractivity contribution in [2.24, 2.45) is 0 Å². The van der Waals surface area contributed by atoms with Crippen molar-refractivity contribution in [3.63, 3.8) is 0 Å². The highest BCUT2D eigenvalue weighted by atomic mass is 14.7. The molecule has 0 saturated carbocycles. The van der Waals surface area contributed by atoms with E-state index in [1.165, 1.54) is 10.8 Å². The molecule has 0 atom stereocenters. The van der Waals surface area contributed by atoms with E-state index < -0.39 is 0 Å². The summed E-state index contributed by atoms with van der Waals surface area (Å²) in [6.07, 6.45) is 1.89. The van der Waals surface area contributed by atoms with Gasteiger partial charge in [0.05, 0.1) is 5.69 Å². The molecule has 0 radical (unpaired) electrons. The van der Waals surface area contributed by atoms with Crippen LogP contribution < -0.4 is 0 Å². The second-order valence-electron chi connectivity index (χ2n) is 3.20.